The molecule has 17 heavy (non-hydrogen) atoms. The SMILES string of the molecule is CN(C)c1cc(N(C)c2ccc(Cl)s2)sc1Cl. The molecular weight excluding hydrogens is 295 g/mol. The van der Waals surface area contributed by atoms with Gasteiger partial charge in [0.2, 0.25) is 0 Å². The summed E-state index contributed by atoms with van der Waals surface area (Å²) in [5, 5.41) is 2.22. The van der Waals surface area contributed by atoms with Gasteiger partial charge in [-0.25, -0.2) is 0 Å². The Bertz CT molecular complexity index is 519. The molecule has 2 heterocycles. The van der Waals surface area contributed by atoms with Gasteiger partial charge < -0.3 is 9.80 Å². The topological polar surface area (TPSA) is 6.48 Å². The van der Waals surface area contributed by atoms with Gasteiger partial charge in [-0.2, -0.15) is 0 Å². The van der Waals surface area contributed by atoms with Crippen molar-refractivity contribution >= 4 is 61.6 Å². The molecule has 0 unspecified atom stereocenters. The Labute approximate surface area is 119 Å². The van der Waals surface area contributed by atoms with E-state index < -0.39 is 0 Å². The standard InChI is InChI=1S/C11H12Cl2N2S2/c1-14(2)7-6-10(17-11(7)13)15(3)9-5-4-8(12)16-9/h4-6H,1-3H3. The highest BCUT2D eigenvalue weighted by Crippen LogP contribution is 2.42. The molecule has 0 saturated carbocycles. The number of hydrogen-bond acceptors (Lipinski definition) is 4. The molecule has 0 spiro atoms. The van der Waals surface area contributed by atoms with E-state index in [-0.39, 0.29) is 0 Å². The zero-order valence-corrected chi connectivity index (χ0v) is 12.8. The fourth-order valence-corrected chi connectivity index (χ4v) is 3.87. The maximum absolute atomic E-state index is 6.20. The van der Waals surface area contributed by atoms with Gasteiger partial charge in [0.05, 0.1) is 20.0 Å². The van der Waals surface area contributed by atoms with Gasteiger partial charge in [-0.1, -0.05) is 23.2 Å². The second-order valence-corrected chi connectivity index (χ2v) is 7.10. The summed E-state index contributed by atoms with van der Waals surface area (Å²) in [7, 11) is 5.99. The molecule has 0 atom stereocenters. The fourth-order valence-electron chi connectivity index (χ4n) is 1.41. The number of hydrogen-bond donors (Lipinski definition) is 0. The first kappa shape index (κ1) is 13.0. The first-order valence-electron chi connectivity index (χ1n) is 4.94. The van der Waals surface area contributed by atoms with Gasteiger partial charge >= 0.3 is 0 Å². The van der Waals surface area contributed by atoms with Gasteiger partial charge in [0, 0.05) is 21.1 Å². The van der Waals surface area contributed by atoms with E-state index in [1.54, 1.807) is 22.7 Å². The summed E-state index contributed by atoms with van der Waals surface area (Å²) in [4.78, 5) is 4.11. The monoisotopic (exact) mass is 306 g/mol. The molecule has 2 rings (SSSR count). The van der Waals surface area contributed by atoms with Crippen LogP contribution in [0.15, 0.2) is 18.2 Å². The van der Waals surface area contributed by atoms with E-state index in [0.717, 1.165) is 24.4 Å². The van der Waals surface area contributed by atoms with Crippen molar-refractivity contribution in [3.8, 4) is 0 Å². The molecule has 0 fully saturated rings. The highest BCUT2D eigenvalue weighted by Gasteiger charge is 2.14. The van der Waals surface area contributed by atoms with Crippen LogP contribution in [-0.4, -0.2) is 21.1 Å². The van der Waals surface area contributed by atoms with Crippen LogP contribution in [0.4, 0.5) is 15.7 Å². The van der Waals surface area contributed by atoms with Crippen molar-refractivity contribution in [1.82, 2.24) is 0 Å². The second kappa shape index (κ2) is 5.06. The lowest BCUT2D eigenvalue weighted by Gasteiger charge is -2.14. The molecule has 0 amide bonds. The molecule has 0 aliphatic rings. The van der Waals surface area contributed by atoms with Crippen molar-refractivity contribution in [2.75, 3.05) is 30.9 Å². The largest absolute Gasteiger partial charge is 0.376 e. The predicted octanol–water partition coefficient (Wildman–Crippen LogP) is 4.95. The van der Waals surface area contributed by atoms with E-state index in [2.05, 4.69) is 11.0 Å². The molecule has 92 valence electrons. The maximum Gasteiger partial charge on any atom is 0.118 e. The summed E-state index contributed by atoms with van der Waals surface area (Å²) in [5.74, 6) is 0. The van der Waals surface area contributed by atoms with Crippen molar-refractivity contribution in [3.05, 3.63) is 26.9 Å². The van der Waals surface area contributed by atoms with Crippen LogP contribution in [0.2, 0.25) is 8.67 Å². The van der Waals surface area contributed by atoms with Gasteiger partial charge in [-0.3, -0.25) is 0 Å². The average molecular weight is 307 g/mol. The molecule has 0 N–H and O–H groups in total. The highest BCUT2D eigenvalue weighted by molar-refractivity contribution is 7.22. The number of thiophene rings is 2. The summed E-state index contributed by atoms with van der Waals surface area (Å²) >= 11 is 15.3. The normalized spacial score (nSPS) is 10.6. The van der Waals surface area contributed by atoms with Gasteiger partial charge in [0.15, 0.2) is 0 Å². The van der Waals surface area contributed by atoms with Crippen LogP contribution < -0.4 is 9.80 Å². The number of halogens is 2. The van der Waals surface area contributed by atoms with E-state index in [0.29, 0.717) is 0 Å². The Hall–Kier alpha value is -0.420. The van der Waals surface area contributed by atoms with Gasteiger partial charge in [-0.05, 0) is 18.2 Å². The van der Waals surface area contributed by atoms with Crippen molar-refractivity contribution in [2.24, 2.45) is 0 Å². The lowest BCUT2D eigenvalue weighted by Crippen LogP contribution is -2.08. The fraction of sp³-hybridized carbons (Fsp3) is 0.273. The molecule has 2 nitrogen and oxygen atoms in total. The van der Waals surface area contributed by atoms with Gasteiger partial charge in [0.1, 0.15) is 4.34 Å². The van der Waals surface area contributed by atoms with Crippen LogP contribution in [0.1, 0.15) is 0 Å². The molecule has 0 bridgehead atoms. The first-order chi connectivity index (χ1) is 7.99. The Morgan fingerprint density at radius 3 is 2.18 bits per heavy atom. The highest BCUT2D eigenvalue weighted by atomic mass is 35.5. The Morgan fingerprint density at radius 2 is 1.71 bits per heavy atom. The molecule has 0 aliphatic heterocycles. The quantitative estimate of drug-likeness (QED) is 0.791. The maximum atomic E-state index is 6.20. The van der Waals surface area contributed by atoms with Crippen LogP contribution >= 0.6 is 45.9 Å². The zero-order chi connectivity index (χ0) is 12.6. The van der Waals surface area contributed by atoms with E-state index in [9.17, 15) is 0 Å². The predicted molar refractivity (Wildman–Crippen MR) is 81.0 cm³/mol. The molecule has 0 aromatic carbocycles. The zero-order valence-electron chi connectivity index (χ0n) is 9.70. The Kier molecular flexibility index (Phi) is 3.88. The first-order valence-corrected chi connectivity index (χ1v) is 7.33. The van der Waals surface area contributed by atoms with E-state index >= 15 is 0 Å². The summed E-state index contributed by atoms with van der Waals surface area (Å²) < 4.78 is 1.60. The number of nitrogens with zero attached hydrogens (tertiary/aromatic N) is 2. The molecule has 6 heteroatoms. The molecule has 0 radical (unpaired) electrons. The Morgan fingerprint density at radius 1 is 1.00 bits per heavy atom. The Balaban J connectivity index is 2.31. The van der Waals surface area contributed by atoms with Crippen molar-refractivity contribution in [3.63, 3.8) is 0 Å². The van der Waals surface area contributed by atoms with Crippen LogP contribution in [0.5, 0.6) is 0 Å². The minimum absolute atomic E-state index is 0.794. The van der Waals surface area contributed by atoms with Crippen LogP contribution in [-0.2, 0) is 0 Å². The summed E-state index contributed by atoms with van der Waals surface area (Å²) in [6.45, 7) is 0. The third kappa shape index (κ3) is 2.71. The third-order valence-corrected chi connectivity index (χ3v) is 5.08. The van der Waals surface area contributed by atoms with Crippen molar-refractivity contribution in [2.45, 2.75) is 0 Å². The van der Waals surface area contributed by atoms with Crippen LogP contribution in [0, 0.1) is 0 Å². The van der Waals surface area contributed by atoms with E-state index in [1.807, 2.05) is 38.2 Å². The molecule has 0 aliphatic carbocycles. The van der Waals surface area contributed by atoms with E-state index in [4.69, 9.17) is 23.2 Å². The van der Waals surface area contributed by atoms with E-state index in [1.165, 1.54) is 0 Å². The lowest BCUT2D eigenvalue weighted by atomic mass is 10.4. The molecule has 2 aromatic heterocycles. The smallest absolute Gasteiger partial charge is 0.118 e. The molecule has 2 aromatic rings. The summed E-state index contributed by atoms with van der Waals surface area (Å²) in [6, 6.07) is 6.00. The summed E-state index contributed by atoms with van der Waals surface area (Å²) in [6.07, 6.45) is 0. The van der Waals surface area contributed by atoms with Crippen molar-refractivity contribution < 1.29 is 0 Å². The number of rotatable bonds is 3. The molecule has 0 saturated heterocycles. The van der Waals surface area contributed by atoms with Gasteiger partial charge in [-0.15, -0.1) is 22.7 Å². The molecular formula is C11H12Cl2N2S2. The van der Waals surface area contributed by atoms with Crippen LogP contribution in [0.3, 0.4) is 0 Å². The van der Waals surface area contributed by atoms with Crippen molar-refractivity contribution in [1.29, 1.82) is 0 Å². The third-order valence-electron chi connectivity index (χ3n) is 2.36. The van der Waals surface area contributed by atoms with Gasteiger partial charge in [0.25, 0.3) is 0 Å². The minimum atomic E-state index is 0.794. The minimum Gasteiger partial charge on any atom is -0.376 e. The second-order valence-electron chi connectivity index (χ2n) is 3.77. The average Bonchev–Trinajstić information content (AvgIpc) is 2.83. The summed E-state index contributed by atoms with van der Waals surface area (Å²) in [5.41, 5.74) is 1.04. The van der Waals surface area contributed by atoms with Crippen LogP contribution in [0.25, 0.3) is 0 Å². The number of anilines is 3. The lowest BCUT2D eigenvalue weighted by molar-refractivity contribution is 1.14.